The molecule has 4 heteroatoms. The predicted octanol–water partition coefficient (Wildman–Crippen LogP) is 1.69. The van der Waals surface area contributed by atoms with E-state index in [2.05, 4.69) is 11.3 Å². The van der Waals surface area contributed by atoms with Crippen LogP contribution in [0.3, 0.4) is 0 Å². The fraction of sp³-hybridized carbons (Fsp3) is 0.167. The number of Topliss-reactive ketones (excluding diaryl/α,β-unsaturated/α-hetero) is 1. The number of carbonyl (C=O) groups excluding carboxylic acids is 2. The number of rotatable bonds is 4. The fourth-order valence-corrected chi connectivity index (χ4v) is 1.02. The van der Waals surface area contributed by atoms with Crippen LogP contribution in [0, 0.1) is 0 Å². The van der Waals surface area contributed by atoms with Crippen LogP contribution in [0.25, 0.3) is 0 Å². The highest BCUT2D eigenvalue weighted by Gasteiger charge is 2.10. The molecular weight excluding hydrogens is 208 g/mol. The second-order valence-corrected chi connectivity index (χ2v) is 3.33. The third-order valence-corrected chi connectivity index (χ3v) is 1.85. The molecule has 4 nitrogen and oxygen atoms in total. The average Bonchev–Trinajstić information content (AvgIpc) is 2.25. The van der Waals surface area contributed by atoms with Crippen molar-refractivity contribution >= 4 is 11.8 Å². The number of esters is 1. The van der Waals surface area contributed by atoms with E-state index in [0.29, 0.717) is 5.56 Å². The number of aromatic hydroxyl groups is 1. The van der Waals surface area contributed by atoms with Gasteiger partial charge in [-0.15, -0.1) is 0 Å². The van der Waals surface area contributed by atoms with E-state index in [-0.39, 0.29) is 23.7 Å². The maximum absolute atomic E-state index is 11.5. The van der Waals surface area contributed by atoms with E-state index in [0.717, 1.165) is 0 Å². The van der Waals surface area contributed by atoms with Gasteiger partial charge in [0.25, 0.3) is 0 Å². The predicted molar refractivity (Wildman–Crippen MR) is 58.2 cm³/mol. The molecule has 0 radical (unpaired) electrons. The molecule has 1 rings (SSSR count). The maximum atomic E-state index is 11.5. The van der Waals surface area contributed by atoms with Crippen molar-refractivity contribution in [3.05, 3.63) is 42.0 Å². The minimum atomic E-state index is -0.603. The summed E-state index contributed by atoms with van der Waals surface area (Å²) in [4.78, 5) is 22.5. The van der Waals surface area contributed by atoms with Crippen molar-refractivity contribution in [3.8, 4) is 5.75 Å². The zero-order chi connectivity index (χ0) is 12.1. The van der Waals surface area contributed by atoms with Gasteiger partial charge in [0.05, 0.1) is 0 Å². The lowest BCUT2D eigenvalue weighted by atomic mass is 10.1. The molecule has 0 saturated heterocycles. The van der Waals surface area contributed by atoms with Crippen molar-refractivity contribution in [2.45, 2.75) is 6.92 Å². The van der Waals surface area contributed by atoms with Gasteiger partial charge in [-0.3, -0.25) is 4.79 Å². The molecule has 0 bridgehead atoms. The average molecular weight is 220 g/mol. The van der Waals surface area contributed by atoms with Crippen LogP contribution in [0.5, 0.6) is 5.75 Å². The second-order valence-electron chi connectivity index (χ2n) is 3.33. The SMILES string of the molecule is C=C(C)C(=O)OCC(=O)c1cccc(O)c1. The van der Waals surface area contributed by atoms with E-state index in [1.165, 1.54) is 25.1 Å². The lowest BCUT2D eigenvalue weighted by molar-refractivity contribution is -0.137. The maximum Gasteiger partial charge on any atom is 0.333 e. The third-order valence-electron chi connectivity index (χ3n) is 1.85. The Hall–Kier alpha value is -2.10. The monoisotopic (exact) mass is 220 g/mol. The van der Waals surface area contributed by atoms with Crippen molar-refractivity contribution < 1.29 is 19.4 Å². The summed E-state index contributed by atoms with van der Waals surface area (Å²) in [5.41, 5.74) is 0.540. The Morgan fingerprint density at radius 2 is 2.12 bits per heavy atom. The lowest BCUT2D eigenvalue weighted by Crippen LogP contribution is -2.14. The van der Waals surface area contributed by atoms with Gasteiger partial charge in [0.2, 0.25) is 0 Å². The van der Waals surface area contributed by atoms with Gasteiger partial charge in [-0.2, -0.15) is 0 Å². The fourth-order valence-electron chi connectivity index (χ4n) is 1.02. The Morgan fingerprint density at radius 3 is 2.69 bits per heavy atom. The molecule has 0 amide bonds. The van der Waals surface area contributed by atoms with Gasteiger partial charge in [-0.1, -0.05) is 18.7 Å². The van der Waals surface area contributed by atoms with Gasteiger partial charge in [-0.05, 0) is 19.1 Å². The van der Waals surface area contributed by atoms with Crippen LogP contribution >= 0.6 is 0 Å². The van der Waals surface area contributed by atoms with Crippen LogP contribution in [0.1, 0.15) is 17.3 Å². The van der Waals surface area contributed by atoms with Crippen molar-refractivity contribution in [2.75, 3.05) is 6.61 Å². The van der Waals surface area contributed by atoms with Crippen LogP contribution in [-0.2, 0) is 9.53 Å². The molecule has 0 atom stereocenters. The first-order valence-corrected chi connectivity index (χ1v) is 4.65. The Morgan fingerprint density at radius 1 is 1.44 bits per heavy atom. The van der Waals surface area contributed by atoms with Crippen molar-refractivity contribution in [1.29, 1.82) is 0 Å². The number of hydrogen-bond donors (Lipinski definition) is 1. The second kappa shape index (κ2) is 5.11. The van der Waals surface area contributed by atoms with Gasteiger partial charge in [-0.25, -0.2) is 4.79 Å². The Bertz CT molecular complexity index is 434. The van der Waals surface area contributed by atoms with Crippen LogP contribution < -0.4 is 0 Å². The van der Waals surface area contributed by atoms with Crippen molar-refractivity contribution in [2.24, 2.45) is 0 Å². The summed E-state index contributed by atoms with van der Waals surface area (Å²) in [6, 6.07) is 5.85. The molecule has 0 aliphatic rings. The van der Waals surface area contributed by atoms with Crippen molar-refractivity contribution in [3.63, 3.8) is 0 Å². The molecule has 1 aromatic rings. The summed E-state index contributed by atoms with van der Waals surface area (Å²) in [6.07, 6.45) is 0. The highest BCUT2D eigenvalue weighted by atomic mass is 16.5. The molecule has 0 unspecified atom stereocenters. The Labute approximate surface area is 93.2 Å². The molecule has 0 aliphatic carbocycles. The van der Waals surface area contributed by atoms with E-state index < -0.39 is 5.97 Å². The standard InChI is InChI=1S/C12H12O4/c1-8(2)12(15)16-7-11(14)9-4-3-5-10(13)6-9/h3-6,13H,1,7H2,2H3. The molecule has 0 heterocycles. The number of ether oxygens (including phenoxy) is 1. The van der Waals surface area contributed by atoms with E-state index in [1.54, 1.807) is 6.07 Å². The number of benzene rings is 1. The highest BCUT2D eigenvalue weighted by molar-refractivity contribution is 5.99. The van der Waals surface area contributed by atoms with E-state index in [4.69, 9.17) is 5.11 Å². The first-order valence-electron chi connectivity index (χ1n) is 4.65. The molecule has 0 saturated carbocycles. The van der Waals surface area contributed by atoms with Crippen LogP contribution in [0.15, 0.2) is 36.4 Å². The van der Waals surface area contributed by atoms with E-state index in [1.807, 2.05) is 0 Å². The molecule has 0 aliphatic heterocycles. The molecule has 1 N–H and O–H groups in total. The Kier molecular flexibility index (Phi) is 3.83. The minimum absolute atomic E-state index is 0.00271. The summed E-state index contributed by atoms with van der Waals surface area (Å²) in [5, 5.41) is 9.15. The van der Waals surface area contributed by atoms with Gasteiger partial charge < -0.3 is 9.84 Å². The molecule has 0 fully saturated rings. The largest absolute Gasteiger partial charge is 0.508 e. The number of hydrogen-bond acceptors (Lipinski definition) is 4. The number of phenols is 1. The smallest absolute Gasteiger partial charge is 0.333 e. The van der Waals surface area contributed by atoms with E-state index >= 15 is 0 Å². The molecule has 1 aromatic carbocycles. The van der Waals surface area contributed by atoms with Crippen LogP contribution in [-0.4, -0.2) is 23.5 Å². The van der Waals surface area contributed by atoms with Gasteiger partial charge in [0, 0.05) is 11.1 Å². The number of carbonyl (C=O) groups is 2. The zero-order valence-corrected chi connectivity index (χ0v) is 8.90. The third kappa shape index (κ3) is 3.24. The summed E-state index contributed by atoms with van der Waals surface area (Å²) in [6.45, 7) is 4.54. The van der Waals surface area contributed by atoms with Gasteiger partial charge in [0.1, 0.15) is 5.75 Å². The summed E-state index contributed by atoms with van der Waals surface area (Å²) in [5.74, 6) is -0.976. The topological polar surface area (TPSA) is 63.6 Å². The quantitative estimate of drug-likeness (QED) is 0.476. The first-order chi connectivity index (χ1) is 7.50. The molecule has 16 heavy (non-hydrogen) atoms. The Balaban J connectivity index is 2.60. The summed E-state index contributed by atoms with van der Waals surface area (Å²) in [7, 11) is 0. The lowest BCUT2D eigenvalue weighted by Gasteiger charge is -2.03. The first kappa shape index (κ1) is 12.0. The van der Waals surface area contributed by atoms with Gasteiger partial charge >= 0.3 is 5.97 Å². The number of ketones is 1. The molecule has 84 valence electrons. The van der Waals surface area contributed by atoms with Crippen LogP contribution in [0.2, 0.25) is 0 Å². The molecule has 0 spiro atoms. The zero-order valence-electron chi connectivity index (χ0n) is 8.90. The highest BCUT2D eigenvalue weighted by Crippen LogP contribution is 2.11. The van der Waals surface area contributed by atoms with Gasteiger partial charge in [0.15, 0.2) is 12.4 Å². The van der Waals surface area contributed by atoms with Crippen LogP contribution in [0.4, 0.5) is 0 Å². The minimum Gasteiger partial charge on any atom is -0.508 e. The molecular formula is C12H12O4. The normalized spacial score (nSPS) is 9.56. The summed E-state index contributed by atoms with van der Waals surface area (Å²) >= 11 is 0. The molecule has 0 aromatic heterocycles. The summed E-state index contributed by atoms with van der Waals surface area (Å²) < 4.78 is 4.69. The number of phenolic OH excluding ortho intramolecular Hbond substituents is 1. The van der Waals surface area contributed by atoms with Crippen molar-refractivity contribution in [1.82, 2.24) is 0 Å². The van der Waals surface area contributed by atoms with E-state index in [9.17, 15) is 9.59 Å².